The number of benzene rings is 1. The van der Waals surface area contributed by atoms with Crippen LogP contribution in [0.25, 0.3) is 6.08 Å². The topological polar surface area (TPSA) is 133 Å². The first kappa shape index (κ1) is 40.1. The summed E-state index contributed by atoms with van der Waals surface area (Å²) in [4.78, 5) is 40.1. The number of fused-ring (bicyclic) bond motifs is 2. The second-order valence-electron chi connectivity index (χ2n) is 16.0. The fourth-order valence-corrected chi connectivity index (χ4v) is 7.65. The van der Waals surface area contributed by atoms with Gasteiger partial charge in [-0.1, -0.05) is 69.9 Å². The van der Waals surface area contributed by atoms with E-state index in [2.05, 4.69) is 25.2 Å². The van der Waals surface area contributed by atoms with Crippen LogP contribution in [-0.4, -0.2) is 77.5 Å². The Balaban J connectivity index is 1.34. The van der Waals surface area contributed by atoms with E-state index in [1.165, 1.54) is 0 Å². The van der Waals surface area contributed by atoms with Crippen molar-refractivity contribution in [3.05, 3.63) is 53.1 Å². The fourth-order valence-electron chi connectivity index (χ4n) is 7.65. The number of amides is 1. The molecule has 2 aliphatic heterocycles. The number of aliphatic hydroxyl groups excluding tert-OH is 1. The minimum atomic E-state index is -0.835. The number of unbranched alkanes of at least 4 members (excludes halogenated alkanes) is 4. The molecule has 4 aliphatic rings. The first-order valence-corrected chi connectivity index (χ1v) is 19.8. The number of allylic oxidation sites excluding steroid dienone is 1. The van der Waals surface area contributed by atoms with Gasteiger partial charge in [-0.2, -0.15) is 0 Å². The van der Waals surface area contributed by atoms with Gasteiger partial charge in [-0.25, -0.2) is 4.79 Å². The summed E-state index contributed by atoms with van der Waals surface area (Å²) in [5, 5.41) is 13.0. The predicted octanol–water partition coefficient (Wildman–Crippen LogP) is 7.36. The van der Waals surface area contributed by atoms with E-state index in [0.29, 0.717) is 42.1 Å². The van der Waals surface area contributed by atoms with Crippen molar-refractivity contribution in [2.75, 3.05) is 6.61 Å². The lowest BCUT2D eigenvalue weighted by Gasteiger charge is -2.31. The van der Waals surface area contributed by atoms with Crippen LogP contribution in [0.1, 0.15) is 140 Å². The molecule has 288 valence electrons. The van der Waals surface area contributed by atoms with E-state index in [4.69, 9.17) is 23.7 Å². The van der Waals surface area contributed by atoms with E-state index in [1.807, 2.05) is 24.3 Å². The SMILES string of the molecule is CCCCCC1(CCCCC)OC2C=C(C(=O)NC(CO)CCC(=O)OC(C)(C)C)CC(OC(=O)c3ccccc3C=CC3CCC4OC4C3)C2O1. The maximum Gasteiger partial charge on any atom is 0.339 e. The quantitative estimate of drug-likeness (QED) is 0.0906. The lowest BCUT2D eigenvalue weighted by Crippen LogP contribution is -2.45. The van der Waals surface area contributed by atoms with Gasteiger partial charge in [0.2, 0.25) is 5.91 Å². The molecule has 7 unspecified atom stereocenters. The van der Waals surface area contributed by atoms with Gasteiger partial charge >= 0.3 is 11.9 Å². The molecule has 2 aliphatic carbocycles. The maximum atomic E-state index is 14.0. The van der Waals surface area contributed by atoms with Crippen molar-refractivity contribution in [2.24, 2.45) is 5.92 Å². The fraction of sp³-hybridized carbons (Fsp3) is 0.690. The average Bonchev–Trinajstić information content (AvgIpc) is 3.79. The van der Waals surface area contributed by atoms with Gasteiger partial charge in [-0.3, -0.25) is 9.59 Å². The van der Waals surface area contributed by atoms with Gasteiger partial charge in [0.05, 0.1) is 30.4 Å². The molecule has 1 saturated carbocycles. The highest BCUT2D eigenvalue weighted by atomic mass is 16.8. The summed E-state index contributed by atoms with van der Waals surface area (Å²) in [6.45, 7) is 9.37. The molecule has 7 atom stereocenters. The summed E-state index contributed by atoms with van der Waals surface area (Å²) in [7, 11) is 0. The molecule has 10 heteroatoms. The highest BCUT2D eigenvalue weighted by Gasteiger charge is 2.52. The van der Waals surface area contributed by atoms with Crippen LogP contribution >= 0.6 is 0 Å². The monoisotopic (exact) mass is 723 g/mol. The number of carbonyl (C=O) groups excluding carboxylic acids is 3. The van der Waals surface area contributed by atoms with Gasteiger partial charge in [-0.15, -0.1) is 0 Å². The Bertz CT molecular complexity index is 1420. The molecular formula is C42H61NO9. The van der Waals surface area contributed by atoms with E-state index in [-0.39, 0.29) is 25.9 Å². The molecule has 10 nitrogen and oxygen atoms in total. The van der Waals surface area contributed by atoms with Crippen molar-refractivity contribution >= 4 is 23.9 Å². The molecule has 0 aromatic heterocycles. The van der Waals surface area contributed by atoms with Crippen LogP contribution < -0.4 is 5.32 Å². The molecule has 1 aromatic carbocycles. The summed E-state index contributed by atoms with van der Waals surface area (Å²) in [6, 6.07) is 6.77. The third kappa shape index (κ3) is 11.2. The number of nitrogens with one attached hydrogen (secondary N) is 1. The molecule has 0 radical (unpaired) electrons. The Morgan fingerprint density at radius 3 is 2.42 bits per heavy atom. The molecule has 5 rings (SSSR count). The number of rotatable bonds is 18. The van der Waals surface area contributed by atoms with Crippen LogP contribution in [0.15, 0.2) is 42.0 Å². The molecule has 3 fully saturated rings. The normalized spacial score (nSPS) is 26.9. The van der Waals surface area contributed by atoms with Crippen LogP contribution in [0.4, 0.5) is 0 Å². The van der Waals surface area contributed by atoms with Crippen molar-refractivity contribution in [1.82, 2.24) is 5.32 Å². The minimum absolute atomic E-state index is 0.0469. The second-order valence-corrected chi connectivity index (χ2v) is 16.0. The van der Waals surface area contributed by atoms with Gasteiger partial charge < -0.3 is 34.1 Å². The molecule has 52 heavy (non-hydrogen) atoms. The molecule has 0 bridgehead atoms. The highest BCUT2D eigenvalue weighted by Crippen LogP contribution is 2.44. The zero-order valence-electron chi connectivity index (χ0n) is 31.9. The maximum absolute atomic E-state index is 14.0. The first-order chi connectivity index (χ1) is 24.9. The molecular weight excluding hydrogens is 662 g/mol. The number of aliphatic hydroxyl groups is 1. The number of epoxide rings is 1. The van der Waals surface area contributed by atoms with Crippen molar-refractivity contribution in [3.8, 4) is 0 Å². The van der Waals surface area contributed by atoms with Crippen molar-refractivity contribution in [2.45, 2.75) is 172 Å². The van der Waals surface area contributed by atoms with Crippen LogP contribution in [0.3, 0.4) is 0 Å². The second kappa shape index (κ2) is 18.3. The average molecular weight is 724 g/mol. The van der Waals surface area contributed by atoms with Gasteiger partial charge in [0.25, 0.3) is 0 Å². The summed E-state index contributed by atoms with van der Waals surface area (Å²) in [5.74, 6) is -1.71. The number of hydrogen-bond donors (Lipinski definition) is 2. The smallest absolute Gasteiger partial charge is 0.339 e. The molecule has 2 N–H and O–H groups in total. The van der Waals surface area contributed by atoms with Crippen LogP contribution in [0.2, 0.25) is 0 Å². The molecule has 2 saturated heterocycles. The predicted molar refractivity (Wildman–Crippen MR) is 198 cm³/mol. The third-order valence-corrected chi connectivity index (χ3v) is 10.5. The number of carbonyl (C=O) groups is 3. The van der Waals surface area contributed by atoms with Crippen molar-refractivity contribution in [3.63, 3.8) is 0 Å². The highest BCUT2D eigenvalue weighted by molar-refractivity contribution is 5.95. The Morgan fingerprint density at radius 2 is 1.75 bits per heavy atom. The Kier molecular flexibility index (Phi) is 14.1. The van der Waals surface area contributed by atoms with E-state index >= 15 is 0 Å². The van der Waals surface area contributed by atoms with Gasteiger partial charge in [-0.05, 0) is 82.9 Å². The first-order valence-electron chi connectivity index (χ1n) is 19.8. The Labute approximate surface area is 310 Å². The Hall–Kier alpha value is -3.05. The van der Waals surface area contributed by atoms with E-state index in [1.54, 1.807) is 32.9 Å². The molecule has 2 heterocycles. The van der Waals surface area contributed by atoms with Crippen LogP contribution in [-0.2, 0) is 33.3 Å². The van der Waals surface area contributed by atoms with E-state index in [0.717, 1.165) is 63.4 Å². The zero-order chi connectivity index (χ0) is 37.3. The van der Waals surface area contributed by atoms with E-state index < -0.39 is 53.6 Å². The lowest BCUT2D eigenvalue weighted by molar-refractivity contribution is -0.190. The zero-order valence-corrected chi connectivity index (χ0v) is 31.9. The number of ether oxygens (including phenoxy) is 5. The standard InChI is InChI=1S/C42H61NO9/c1-6-8-12-22-42(23-13-9-7-2)50-36-26-30(39(46)43-31(27-44)19-21-37(45)51-41(3,4)5)25-35(38(36)52-42)49-40(47)32-15-11-10-14-29(32)18-16-28-17-20-33-34(24-28)48-33/h10-11,14-16,18,26,28,31,33-36,38,44H,6-9,12-13,17,19-25,27H2,1-5H3,(H,43,46). The van der Waals surface area contributed by atoms with Crippen molar-refractivity contribution < 1.29 is 43.2 Å². The molecule has 0 spiro atoms. The van der Waals surface area contributed by atoms with Crippen molar-refractivity contribution in [1.29, 1.82) is 0 Å². The van der Waals surface area contributed by atoms with E-state index in [9.17, 15) is 19.5 Å². The summed E-state index contributed by atoms with van der Waals surface area (Å²) in [6.07, 6.45) is 15.9. The molecule has 1 amide bonds. The summed E-state index contributed by atoms with van der Waals surface area (Å²) < 4.78 is 31.0. The Morgan fingerprint density at radius 1 is 1.02 bits per heavy atom. The van der Waals surface area contributed by atoms with Gasteiger partial charge in [0.1, 0.15) is 23.9 Å². The number of esters is 2. The minimum Gasteiger partial charge on any atom is -0.460 e. The summed E-state index contributed by atoms with van der Waals surface area (Å²) >= 11 is 0. The third-order valence-electron chi connectivity index (χ3n) is 10.5. The molecule has 1 aromatic rings. The summed E-state index contributed by atoms with van der Waals surface area (Å²) in [5.41, 5.74) is 0.992. The van der Waals surface area contributed by atoms with Gasteiger partial charge in [0, 0.05) is 31.3 Å². The van der Waals surface area contributed by atoms with Gasteiger partial charge in [0.15, 0.2) is 5.79 Å². The van der Waals surface area contributed by atoms with Crippen LogP contribution in [0, 0.1) is 5.92 Å². The largest absolute Gasteiger partial charge is 0.460 e. The number of hydrogen-bond acceptors (Lipinski definition) is 9. The lowest BCUT2D eigenvalue weighted by atomic mass is 9.88. The van der Waals surface area contributed by atoms with Crippen LogP contribution in [0.5, 0.6) is 0 Å².